The van der Waals surface area contributed by atoms with Crippen molar-refractivity contribution in [3.8, 4) is 16.8 Å². The minimum absolute atomic E-state index is 1.12. The first-order valence-electron chi connectivity index (χ1n) is 16.7. The highest BCUT2D eigenvalue weighted by molar-refractivity contribution is 7.25. The highest BCUT2D eigenvalue weighted by Gasteiger charge is 2.19. The molecular weight excluding hydrogens is 613 g/mol. The molecule has 0 fully saturated rings. The summed E-state index contributed by atoms with van der Waals surface area (Å²) in [5.74, 6) is 0. The largest absolute Gasteiger partial charge is 0.310 e. The van der Waals surface area contributed by atoms with Gasteiger partial charge in [0, 0.05) is 53.6 Å². The molecule has 0 aliphatic carbocycles. The number of fused-ring (bicyclic) bond motifs is 7. The molecule has 0 aliphatic rings. The second-order valence-corrected chi connectivity index (χ2v) is 13.6. The summed E-state index contributed by atoms with van der Waals surface area (Å²) in [7, 11) is 0. The van der Waals surface area contributed by atoms with E-state index in [4.69, 9.17) is 0 Å². The van der Waals surface area contributed by atoms with Gasteiger partial charge in [-0.2, -0.15) is 0 Å². The van der Waals surface area contributed by atoms with E-state index in [0.29, 0.717) is 0 Å². The Morgan fingerprint density at radius 3 is 1.71 bits per heavy atom. The molecule has 10 aromatic rings. The second-order valence-electron chi connectivity index (χ2n) is 12.5. The standard InChI is InChI=1S/C46H30N2S/c1-2-13-33(14-3-1)47(35-27-28-40-39-18-8-11-21-44(39)49-45(40)30-35)34-25-22-32(23-26-34)46-36-15-5-4-12-31(36)24-29-43(46)48-41-19-9-6-16-37(41)38-17-7-10-20-42(38)48/h1-30H. The number of anilines is 3. The van der Waals surface area contributed by atoms with Gasteiger partial charge in [-0.25, -0.2) is 0 Å². The summed E-state index contributed by atoms with van der Waals surface area (Å²) in [5.41, 5.74) is 9.42. The quantitative estimate of drug-likeness (QED) is 0.181. The second kappa shape index (κ2) is 11.2. The minimum Gasteiger partial charge on any atom is -0.310 e. The average Bonchev–Trinajstić information content (AvgIpc) is 3.71. The van der Waals surface area contributed by atoms with E-state index in [2.05, 4.69) is 191 Å². The minimum atomic E-state index is 1.12. The normalized spacial score (nSPS) is 11.7. The van der Waals surface area contributed by atoms with Crippen molar-refractivity contribution in [3.05, 3.63) is 182 Å². The van der Waals surface area contributed by atoms with Crippen molar-refractivity contribution >= 4 is 81.1 Å². The van der Waals surface area contributed by atoms with Crippen molar-refractivity contribution in [1.29, 1.82) is 0 Å². The van der Waals surface area contributed by atoms with Crippen LogP contribution in [0, 0.1) is 0 Å². The van der Waals surface area contributed by atoms with Gasteiger partial charge in [0.25, 0.3) is 0 Å². The van der Waals surface area contributed by atoms with Crippen LogP contribution in [0.4, 0.5) is 17.1 Å². The molecule has 10 rings (SSSR count). The molecular formula is C46H30N2S. The molecule has 0 saturated heterocycles. The van der Waals surface area contributed by atoms with E-state index in [-0.39, 0.29) is 0 Å². The van der Waals surface area contributed by atoms with Gasteiger partial charge in [0.05, 0.1) is 16.7 Å². The Labute approximate surface area is 288 Å². The van der Waals surface area contributed by atoms with Crippen LogP contribution in [0.25, 0.3) is 69.6 Å². The van der Waals surface area contributed by atoms with E-state index in [0.717, 1.165) is 17.1 Å². The van der Waals surface area contributed by atoms with E-state index in [9.17, 15) is 0 Å². The number of benzene rings is 8. The Hall–Kier alpha value is -6.16. The van der Waals surface area contributed by atoms with Crippen LogP contribution in [0.5, 0.6) is 0 Å². The molecule has 2 aromatic heterocycles. The van der Waals surface area contributed by atoms with Crippen molar-refractivity contribution in [2.24, 2.45) is 0 Å². The van der Waals surface area contributed by atoms with Gasteiger partial charge in [-0.3, -0.25) is 0 Å². The fourth-order valence-corrected chi connectivity index (χ4v) is 8.73. The fraction of sp³-hybridized carbons (Fsp3) is 0. The van der Waals surface area contributed by atoms with Crippen molar-refractivity contribution in [1.82, 2.24) is 4.57 Å². The number of thiophene rings is 1. The lowest BCUT2D eigenvalue weighted by Crippen LogP contribution is -2.09. The molecule has 0 N–H and O–H groups in total. The van der Waals surface area contributed by atoms with Crippen LogP contribution in [-0.4, -0.2) is 4.57 Å². The Morgan fingerprint density at radius 2 is 0.959 bits per heavy atom. The first kappa shape index (κ1) is 27.9. The SMILES string of the molecule is c1ccc(N(c2ccc(-c3c(-n4c5ccccc5c5ccccc54)ccc4ccccc34)cc2)c2ccc3c(c2)sc2ccccc23)cc1. The monoisotopic (exact) mass is 642 g/mol. The van der Waals surface area contributed by atoms with Crippen molar-refractivity contribution < 1.29 is 0 Å². The van der Waals surface area contributed by atoms with Gasteiger partial charge in [0.15, 0.2) is 0 Å². The molecule has 2 heterocycles. The third kappa shape index (κ3) is 4.47. The average molecular weight is 643 g/mol. The molecule has 230 valence electrons. The van der Waals surface area contributed by atoms with Gasteiger partial charge < -0.3 is 9.47 Å². The van der Waals surface area contributed by atoms with E-state index in [1.54, 1.807) is 0 Å². The summed E-state index contributed by atoms with van der Waals surface area (Å²) in [6.45, 7) is 0. The first-order valence-corrected chi connectivity index (χ1v) is 17.5. The number of hydrogen-bond acceptors (Lipinski definition) is 2. The van der Waals surface area contributed by atoms with Crippen molar-refractivity contribution in [2.75, 3.05) is 4.90 Å². The predicted octanol–water partition coefficient (Wildman–Crippen LogP) is 13.4. The number of hydrogen-bond donors (Lipinski definition) is 0. The van der Waals surface area contributed by atoms with Gasteiger partial charge in [-0.1, -0.05) is 121 Å². The van der Waals surface area contributed by atoms with Crippen LogP contribution in [0.1, 0.15) is 0 Å². The molecule has 0 bridgehead atoms. The van der Waals surface area contributed by atoms with Crippen LogP contribution in [0.2, 0.25) is 0 Å². The van der Waals surface area contributed by atoms with Gasteiger partial charge in [0.2, 0.25) is 0 Å². The molecule has 0 radical (unpaired) electrons. The van der Waals surface area contributed by atoms with E-state index in [1.165, 1.54) is 69.6 Å². The molecule has 0 amide bonds. The molecule has 3 heteroatoms. The lowest BCUT2D eigenvalue weighted by atomic mass is 9.95. The van der Waals surface area contributed by atoms with Gasteiger partial charge in [-0.05, 0) is 77.0 Å². The Balaban J connectivity index is 1.16. The maximum absolute atomic E-state index is 2.44. The summed E-state index contributed by atoms with van der Waals surface area (Å²) in [4.78, 5) is 2.37. The van der Waals surface area contributed by atoms with Crippen LogP contribution in [0.15, 0.2) is 182 Å². The zero-order chi connectivity index (χ0) is 32.3. The van der Waals surface area contributed by atoms with Crippen LogP contribution >= 0.6 is 11.3 Å². The van der Waals surface area contributed by atoms with Crippen LogP contribution in [0.3, 0.4) is 0 Å². The third-order valence-corrected chi connectivity index (χ3v) is 10.9. The summed E-state index contributed by atoms with van der Waals surface area (Å²) >= 11 is 1.86. The highest BCUT2D eigenvalue weighted by Crippen LogP contribution is 2.43. The predicted molar refractivity (Wildman–Crippen MR) is 211 cm³/mol. The number of aromatic nitrogens is 1. The van der Waals surface area contributed by atoms with Crippen molar-refractivity contribution in [3.63, 3.8) is 0 Å². The smallest absolute Gasteiger partial charge is 0.0547 e. The molecule has 8 aromatic carbocycles. The Bertz CT molecular complexity index is 2770. The van der Waals surface area contributed by atoms with Gasteiger partial charge >= 0.3 is 0 Å². The van der Waals surface area contributed by atoms with Gasteiger partial charge in [0.1, 0.15) is 0 Å². The molecule has 0 saturated carbocycles. The summed E-state index contributed by atoms with van der Waals surface area (Å²) in [6.07, 6.45) is 0. The maximum Gasteiger partial charge on any atom is 0.0547 e. The number of para-hydroxylation sites is 3. The summed E-state index contributed by atoms with van der Waals surface area (Å²) < 4.78 is 5.05. The van der Waals surface area contributed by atoms with Crippen molar-refractivity contribution in [2.45, 2.75) is 0 Å². The highest BCUT2D eigenvalue weighted by atomic mass is 32.1. The Morgan fingerprint density at radius 1 is 0.388 bits per heavy atom. The fourth-order valence-electron chi connectivity index (χ4n) is 7.59. The zero-order valence-electron chi connectivity index (χ0n) is 26.6. The summed E-state index contributed by atoms with van der Waals surface area (Å²) in [5, 5.41) is 7.63. The molecule has 0 atom stereocenters. The van der Waals surface area contributed by atoms with Crippen LogP contribution < -0.4 is 4.90 Å². The molecule has 0 unspecified atom stereocenters. The number of rotatable bonds is 5. The summed E-state index contributed by atoms with van der Waals surface area (Å²) in [6, 6.07) is 66.2. The maximum atomic E-state index is 2.44. The zero-order valence-corrected chi connectivity index (χ0v) is 27.4. The van der Waals surface area contributed by atoms with E-state index in [1.807, 2.05) is 11.3 Å². The van der Waals surface area contributed by atoms with E-state index >= 15 is 0 Å². The molecule has 49 heavy (non-hydrogen) atoms. The lowest BCUT2D eigenvalue weighted by Gasteiger charge is -2.26. The molecule has 0 spiro atoms. The number of nitrogens with zero attached hydrogens (tertiary/aromatic N) is 2. The molecule has 2 nitrogen and oxygen atoms in total. The molecule has 0 aliphatic heterocycles. The third-order valence-electron chi connectivity index (χ3n) is 9.78. The van der Waals surface area contributed by atoms with E-state index < -0.39 is 0 Å². The Kier molecular flexibility index (Phi) is 6.39. The van der Waals surface area contributed by atoms with Gasteiger partial charge in [-0.15, -0.1) is 11.3 Å². The van der Waals surface area contributed by atoms with Crippen LogP contribution in [-0.2, 0) is 0 Å². The lowest BCUT2D eigenvalue weighted by molar-refractivity contribution is 1.19. The topological polar surface area (TPSA) is 8.17 Å². The first-order chi connectivity index (χ1) is 24.3.